The van der Waals surface area contributed by atoms with Gasteiger partial charge in [-0.25, -0.2) is 0 Å². The number of thioether (sulfide) groups is 2. The van der Waals surface area contributed by atoms with Crippen molar-refractivity contribution in [2.45, 2.75) is 33.1 Å². The molecular formula is C12H24O2S2. The van der Waals surface area contributed by atoms with Gasteiger partial charge in [-0.3, -0.25) is 4.79 Å². The molecule has 0 saturated carbocycles. The highest BCUT2D eigenvalue weighted by atomic mass is 32.2. The maximum absolute atomic E-state index is 10.8. The van der Waals surface area contributed by atoms with E-state index in [1.54, 1.807) is 0 Å². The lowest BCUT2D eigenvalue weighted by Crippen LogP contribution is -2.01. The van der Waals surface area contributed by atoms with Crippen molar-refractivity contribution in [3.63, 3.8) is 0 Å². The molecule has 2 nitrogen and oxygen atoms in total. The predicted octanol–water partition coefficient (Wildman–Crippen LogP) is 3.45. The molecule has 0 heterocycles. The Labute approximate surface area is 108 Å². The molecule has 0 N–H and O–H groups in total. The van der Waals surface area contributed by atoms with E-state index in [2.05, 4.69) is 18.6 Å². The van der Waals surface area contributed by atoms with Crippen LogP contribution in [-0.4, -0.2) is 36.1 Å². The van der Waals surface area contributed by atoms with E-state index in [1.807, 2.05) is 23.5 Å². The summed E-state index contributed by atoms with van der Waals surface area (Å²) in [6, 6.07) is 0. The maximum atomic E-state index is 10.8. The zero-order chi connectivity index (χ0) is 12.2. The number of hydrogen-bond acceptors (Lipinski definition) is 4. The molecule has 0 aliphatic carbocycles. The Morgan fingerprint density at radius 3 is 2.31 bits per heavy atom. The Morgan fingerprint density at radius 1 is 1.12 bits per heavy atom. The summed E-state index contributed by atoms with van der Waals surface area (Å²) < 4.78 is 4.58. The van der Waals surface area contributed by atoms with Gasteiger partial charge in [0.15, 0.2) is 0 Å². The minimum Gasteiger partial charge on any atom is -0.469 e. The van der Waals surface area contributed by atoms with Crippen LogP contribution in [0, 0.1) is 5.92 Å². The van der Waals surface area contributed by atoms with Gasteiger partial charge in [0.1, 0.15) is 0 Å². The predicted molar refractivity (Wildman–Crippen MR) is 75.4 cm³/mol. The van der Waals surface area contributed by atoms with Crippen molar-refractivity contribution in [3.8, 4) is 0 Å². The Balaban J connectivity index is 3.01. The highest BCUT2D eigenvalue weighted by molar-refractivity contribution is 8.00. The molecule has 0 bridgehead atoms. The highest BCUT2D eigenvalue weighted by Gasteiger charge is 1.99. The van der Waals surface area contributed by atoms with E-state index in [-0.39, 0.29) is 5.97 Å². The molecule has 16 heavy (non-hydrogen) atoms. The smallest absolute Gasteiger partial charge is 0.306 e. The minimum atomic E-state index is -0.0983. The molecule has 0 unspecified atom stereocenters. The molecule has 0 rings (SSSR count). The van der Waals surface area contributed by atoms with E-state index >= 15 is 0 Å². The van der Waals surface area contributed by atoms with Crippen LogP contribution in [0.1, 0.15) is 33.1 Å². The van der Waals surface area contributed by atoms with Crippen LogP contribution in [-0.2, 0) is 9.53 Å². The van der Waals surface area contributed by atoms with E-state index in [1.165, 1.54) is 31.5 Å². The van der Waals surface area contributed by atoms with Crippen LogP contribution in [0.4, 0.5) is 0 Å². The molecule has 0 aromatic carbocycles. The zero-order valence-corrected chi connectivity index (χ0v) is 12.3. The number of esters is 1. The van der Waals surface area contributed by atoms with Gasteiger partial charge in [0.05, 0.1) is 13.5 Å². The second-order valence-electron chi connectivity index (χ2n) is 4.09. The lowest BCUT2D eigenvalue weighted by atomic mass is 10.2. The van der Waals surface area contributed by atoms with E-state index in [0.29, 0.717) is 6.42 Å². The van der Waals surface area contributed by atoms with Gasteiger partial charge in [0.2, 0.25) is 0 Å². The number of methoxy groups -OCH3 is 1. The standard InChI is InChI=1S/C12H24O2S2/c1-11(2)5-9-15-7-4-8-16-10-6-12(13)14-3/h11H,4-10H2,1-3H3. The average Bonchev–Trinajstić information content (AvgIpc) is 2.26. The molecule has 0 fully saturated rings. The number of ether oxygens (including phenoxy) is 1. The molecule has 0 aromatic heterocycles. The lowest BCUT2D eigenvalue weighted by molar-refractivity contribution is -0.140. The van der Waals surface area contributed by atoms with Gasteiger partial charge in [-0.2, -0.15) is 23.5 Å². The van der Waals surface area contributed by atoms with Crippen LogP contribution in [0.15, 0.2) is 0 Å². The van der Waals surface area contributed by atoms with Gasteiger partial charge in [-0.05, 0) is 36.0 Å². The molecule has 0 aliphatic rings. The van der Waals surface area contributed by atoms with Crippen molar-refractivity contribution in [1.29, 1.82) is 0 Å². The highest BCUT2D eigenvalue weighted by Crippen LogP contribution is 2.12. The third kappa shape index (κ3) is 12.2. The van der Waals surface area contributed by atoms with Crippen LogP contribution in [0.25, 0.3) is 0 Å². The summed E-state index contributed by atoms with van der Waals surface area (Å²) in [5.41, 5.74) is 0. The van der Waals surface area contributed by atoms with E-state index < -0.39 is 0 Å². The van der Waals surface area contributed by atoms with Crippen LogP contribution in [0.2, 0.25) is 0 Å². The zero-order valence-electron chi connectivity index (χ0n) is 10.7. The first kappa shape index (κ1) is 16.2. The summed E-state index contributed by atoms with van der Waals surface area (Å²) in [7, 11) is 1.44. The van der Waals surface area contributed by atoms with Crippen molar-refractivity contribution in [1.82, 2.24) is 0 Å². The van der Waals surface area contributed by atoms with E-state index in [0.717, 1.165) is 17.4 Å². The molecule has 0 atom stereocenters. The number of carbonyl (C=O) groups is 1. The van der Waals surface area contributed by atoms with Crippen LogP contribution in [0.3, 0.4) is 0 Å². The largest absolute Gasteiger partial charge is 0.469 e. The lowest BCUT2D eigenvalue weighted by Gasteiger charge is -2.04. The molecule has 0 saturated heterocycles. The third-order valence-corrected chi connectivity index (χ3v) is 4.27. The van der Waals surface area contributed by atoms with Gasteiger partial charge in [0.25, 0.3) is 0 Å². The summed E-state index contributed by atoms with van der Waals surface area (Å²) in [6.07, 6.45) is 3.11. The first-order chi connectivity index (χ1) is 7.66. The first-order valence-corrected chi connectivity index (χ1v) is 8.20. The molecule has 96 valence electrons. The molecule has 0 radical (unpaired) electrons. The second kappa shape index (κ2) is 11.6. The van der Waals surface area contributed by atoms with Crippen molar-refractivity contribution < 1.29 is 9.53 Å². The number of rotatable bonds is 10. The summed E-state index contributed by atoms with van der Waals surface area (Å²) in [6.45, 7) is 4.53. The molecule has 0 spiro atoms. The topological polar surface area (TPSA) is 26.3 Å². The normalized spacial score (nSPS) is 10.8. The summed E-state index contributed by atoms with van der Waals surface area (Å²) in [5, 5.41) is 0. The van der Waals surface area contributed by atoms with E-state index in [4.69, 9.17) is 0 Å². The second-order valence-corrected chi connectivity index (χ2v) is 6.54. The minimum absolute atomic E-state index is 0.0983. The van der Waals surface area contributed by atoms with Gasteiger partial charge in [-0.15, -0.1) is 0 Å². The molecular weight excluding hydrogens is 240 g/mol. The fourth-order valence-electron chi connectivity index (χ4n) is 1.04. The number of hydrogen-bond donors (Lipinski definition) is 0. The Bertz CT molecular complexity index is 172. The monoisotopic (exact) mass is 264 g/mol. The van der Waals surface area contributed by atoms with Gasteiger partial charge in [-0.1, -0.05) is 13.8 Å². The average molecular weight is 264 g/mol. The van der Waals surface area contributed by atoms with Crippen LogP contribution < -0.4 is 0 Å². The number of carbonyl (C=O) groups excluding carboxylic acids is 1. The Hall–Kier alpha value is 0.170. The van der Waals surface area contributed by atoms with Gasteiger partial charge < -0.3 is 4.74 Å². The molecule has 0 aromatic rings. The molecule has 0 aliphatic heterocycles. The molecule has 0 amide bonds. The maximum Gasteiger partial charge on any atom is 0.306 e. The SMILES string of the molecule is COC(=O)CCSCCCSCCC(C)C. The third-order valence-electron chi connectivity index (χ3n) is 2.10. The fourth-order valence-corrected chi connectivity index (χ4v) is 3.28. The van der Waals surface area contributed by atoms with Crippen molar-refractivity contribution in [2.24, 2.45) is 5.92 Å². The van der Waals surface area contributed by atoms with Crippen molar-refractivity contribution >= 4 is 29.5 Å². The first-order valence-electron chi connectivity index (χ1n) is 5.89. The van der Waals surface area contributed by atoms with Gasteiger partial charge in [0, 0.05) is 5.75 Å². The fraction of sp³-hybridized carbons (Fsp3) is 0.917. The Morgan fingerprint density at radius 2 is 1.75 bits per heavy atom. The van der Waals surface area contributed by atoms with Crippen molar-refractivity contribution in [3.05, 3.63) is 0 Å². The summed E-state index contributed by atoms with van der Waals surface area (Å²) >= 11 is 3.89. The van der Waals surface area contributed by atoms with E-state index in [9.17, 15) is 4.79 Å². The summed E-state index contributed by atoms with van der Waals surface area (Å²) in [4.78, 5) is 10.8. The summed E-state index contributed by atoms with van der Waals surface area (Å²) in [5.74, 6) is 5.30. The van der Waals surface area contributed by atoms with Crippen LogP contribution in [0.5, 0.6) is 0 Å². The quantitative estimate of drug-likeness (QED) is 0.446. The Kier molecular flexibility index (Phi) is 11.8. The van der Waals surface area contributed by atoms with Gasteiger partial charge >= 0.3 is 5.97 Å². The van der Waals surface area contributed by atoms with Crippen LogP contribution >= 0.6 is 23.5 Å². The van der Waals surface area contributed by atoms with Crippen molar-refractivity contribution in [2.75, 3.05) is 30.1 Å². The molecule has 4 heteroatoms.